The van der Waals surface area contributed by atoms with Crippen molar-refractivity contribution in [1.29, 1.82) is 0 Å². The number of anilines is 1. The molecule has 0 fully saturated rings. The summed E-state index contributed by atoms with van der Waals surface area (Å²) >= 11 is 0. The van der Waals surface area contributed by atoms with Gasteiger partial charge in [-0.15, -0.1) is 0 Å². The van der Waals surface area contributed by atoms with Crippen LogP contribution in [-0.4, -0.2) is 29.9 Å². The second kappa shape index (κ2) is 10.9. The zero-order chi connectivity index (χ0) is 22.9. The molecule has 166 valence electrons. The second-order valence-electron chi connectivity index (χ2n) is 7.13. The maximum absolute atomic E-state index is 12.5. The number of hydrogen-bond donors (Lipinski definition) is 2. The Hall–Kier alpha value is -3.94. The lowest BCUT2D eigenvalue weighted by molar-refractivity contribution is -0.142. The molecular formula is C24H25N3O5. The van der Waals surface area contributed by atoms with Crippen LogP contribution in [0.2, 0.25) is 0 Å². The molecule has 0 atom stereocenters. The number of aryl methyl sites for hydroxylation is 1. The third-order valence-electron chi connectivity index (χ3n) is 4.77. The molecule has 8 heteroatoms. The Morgan fingerprint density at radius 3 is 2.44 bits per heavy atom. The summed E-state index contributed by atoms with van der Waals surface area (Å²) in [5.74, 6) is 0.0273. The van der Waals surface area contributed by atoms with E-state index in [1.165, 1.54) is 7.11 Å². The molecule has 1 heterocycles. The molecule has 2 aromatic carbocycles. The van der Waals surface area contributed by atoms with Crippen molar-refractivity contribution >= 4 is 23.5 Å². The zero-order valence-corrected chi connectivity index (χ0v) is 18.0. The van der Waals surface area contributed by atoms with Gasteiger partial charge < -0.3 is 19.8 Å². The van der Waals surface area contributed by atoms with Crippen molar-refractivity contribution in [3.05, 3.63) is 71.6 Å². The fraction of sp³-hybridized carbons (Fsp3) is 0.250. The molecule has 2 amide bonds. The fourth-order valence-corrected chi connectivity index (χ4v) is 3.05. The Labute approximate surface area is 186 Å². The molecule has 0 aliphatic rings. The van der Waals surface area contributed by atoms with Gasteiger partial charge in [-0.3, -0.25) is 14.4 Å². The van der Waals surface area contributed by atoms with Crippen LogP contribution in [0.4, 0.5) is 5.69 Å². The summed E-state index contributed by atoms with van der Waals surface area (Å²) in [5, 5.41) is 5.64. The molecule has 0 saturated carbocycles. The minimum Gasteiger partial charge on any atom is -0.469 e. The minimum absolute atomic E-state index is 0.0153. The van der Waals surface area contributed by atoms with Crippen LogP contribution in [0.3, 0.4) is 0 Å². The largest absolute Gasteiger partial charge is 0.469 e. The molecule has 0 radical (unpaired) electrons. The van der Waals surface area contributed by atoms with E-state index in [4.69, 9.17) is 4.42 Å². The van der Waals surface area contributed by atoms with Crippen molar-refractivity contribution in [3.63, 3.8) is 0 Å². The Morgan fingerprint density at radius 1 is 0.969 bits per heavy atom. The van der Waals surface area contributed by atoms with E-state index in [2.05, 4.69) is 20.4 Å². The van der Waals surface area contributed by atoms with Crippen molar-refractivity contribution in [2.45, 2.75) is 32.7 Å². The van der Waals surface area contributed by atoms with Gasteiger partial charge in [0.05, 0.1) is 37.7 Å². The van der Waals surface area contributed by atoms with E-state index in [-0.39, 0.29) is 37.6 Å². The Bertz CT molecular complexity index is 1090. The van der Waals surface area contributed by atoms with E-state index >= 15 is 0 Å². The molecule has 3 aromatic rings. The molecule has 0 aliphatic carbocycles. The summed E-state index contributed by atoms with van der Waals surface area (Å²) in [6.45, 7) is 1.92. The maximum Gasteiger partial charge on any atom is 0.306 e. The van der Waals surface area contributed by atoms with Crippen LogP contribution in [0.25, 0.3) is 11.5 Å². The third kappa shape index (κ3) is 6.28. The van der Waals surface area contributed by atoms with Crippen molar-refractivity contribution in [2.75, 3.05) is 12.4 Å². The van der Waals surface area contributed by atoms with Crippen LogP contribution in [0.5, 0.6) is 0 Å². The number of benzene rings is 2. The predicted molar refractivity (Wildman–Crippen MR) is 119 cm³/mol. The molecule has 8 nitrogen and oxygen atoms in total. The van der Waals surface area contributed by atoms with Gasteiger partial charge >= 0.3 is 5.97 Å². The maximum atomic E-state index is 12.5. The Balaban J connectivity index is 1.66. The van der Waals surface area contributed by atoms with Gasteiger partial charge in [0.25, 0.3) is 0 Å². The van der Waals surface area contributed by atoms with Crippen molar-refractivity contribution < 1.29 is 23.5 Å². The number of hydrogen-bond acceptors (Lipinski definition) is 6. The highest BCUT2D eigenvalue weighted by molar-refractivity contribution is 5.95. The lowest BCUT2D eigenvalue weighted by Crippen LogP contribution is -2.24. The van der Waals surface area contributed by atoms with Gasteiger partial charge in [-0.05, 0) is 24.6 Å². The summed E-state index contributed by atoms with van der Waals surface area (Å²) in [6.07, 6.45) is 0.302. The van der Waals surface area contributed by atoms with Crippen molar-refractivity contribution in [1.82, 2.24) is 10.3 Å². The number of carbonyl (C=O) groups is 3. The van der Waals surface area contributed by atoms with Crippen LogP contribution < -0.4 is 10.6 Å². The number of nitrogens with zero attached hydrogens (tertiary/aromatic N) is 1. The first-order valence-corrected chi connectivity index (χ1v) is 10.2. The number of rotatable bonds is 9. The summed E-state index contributed by atoms with van der Waals surface area (Å²) in [7, 11) is 1.28. The molecule has 1 aromatic heterocycles. The fourth-order valence-electron chi connectivity index (χ4n) is 3.05. The summed E-state index contributed by atoms with van der Waals surface area (Å²) in [5.41, 5.74) is 2.71. The van der Waals surface area contributed by atoms with Crippen molar-refractivity contribution in [2.24, 2.45) is 0 Å². The predicted octanol–water partition coefficient (Wildman–Crippen LogP) is 3.40. The molecule has 32 heavy (non-hydrogen) atoms. The van der Waals surface area contributed by atoms with Crippen molar-refractivity contribution in [3.8, 4) is 11.5 Å². The average Bonchev–Trinajstić information content (AvgIpc) is 3.17. The van der Waals surface area contributed by atoms with Crippen LogP contribution >= 0.6 is 0 Å². The van der Waals surface area contributed by atoms with Crippen LogP contribution in [0.1, 0.15) is 29.9 Å². The smallest absolute Gasteiger partial charge is 0.306 e. The molecule has 0 aliphatic heterocycles. The van der Waals surface area contributed by atoms with E-state index in [1.807, 2.05) is 48.5 Å². The highest BCUT2D eigenvalue weighted by Gasteiger charge is 2.17. The Morgan fingerprint density at radius 2 is 1.69 bits per heavy atom. The highest BCUT2D eigenvalue weighted by Crippen LogP contribution is 2.29. The molecule has 2 N–H and O–H groups in total. The summed E-state index contributed by atoms with van der Waals surface area (Å²) in [4.78, 5) is 40.1. The first-order valence-electron chi connectivity index (χ1n) is 10.2. The van der Waals surface area contributed by atoms with Gasteiger partial charge in [0.15, 0.2) is 0 Å². The van der Waals surface area contributed by atoms with Crippen LogP contribution in [0, 0.1) is 6.92 Å². The third-order valence-corrected chi connectivity index (χ3v) is 4.77. The number of nitrogens with one attached hydrogen (secondary N) is 2. The number of para-hydroxylation sites is 1. The quantitative estimate of drug-likeness (QED) is 0.499. The van der Waals surface area contributed by atoms with E-state index < -0.39 is 5.97 Å². The zero-order valence-electron chi connectivity index (χ0n) is 18.0. The van der Waals surface area contributed by atoms with Gasteiger partial charge in [0.1, 0.15) is 11.5 Å². The summed E-state index contributed by atoms with van der Waals surface area (Å²) in [6, 6.07) is 16.7. The first kappa shape index (κ1) is 22.7. The van der Waals surface area contributed by atoms with Gasteiger partial charge in [-0.2, -0.15) is 0 Å². The van der Waals surface area contributed by atoms with Crippen LogP contribution in [0.15, 0.2) is 59.0 Å². The first-order chi connectivity index (χ1) is 15.5. The number of carbonyl (C=O) groups excluding carboxylic acids is 3. The second-order valence-corrected chi connectivity index (χ2v) is 7.13. The lowest BCUT2D eigenvalue weighted by Gasteiger charge is -2.09. The normalized spacial score (nSPS) is 10.4. The number of ether oxygens (including phenoxy) is 1. The number of amides is 2. The van der Waals surface area contributed by atoms with Gasteiger partial charge in [0.2, 0.25) is 17.7 Å². The lowest BCUT2D eigenvalue weighted by atomic mass is 10.1. The molecule has 3 rings (SSSR count). The molecular weight excluding hydrogens is 410 g/mol. The monoisotopic (exact) mass is 435 g/mol. The van der Waals surface area contributed by atoms with E-state index in [1.54, 1.807) is 13.0 Å². The number of aromatic nitrogens is 1. The van der Waals surface area contributed by atoms with Gasteiger partial charge in [-0.1, -0.05) is 42.5 Å². The molecule has 0 unspecified atom stereocenters. The minimum atomic E-state index is -0.439. The average molecular weight is 435 g/mol. The van der Waals surface area contributed by atoms with E-state index in [0.717, 1.165) is 5.56 Å². The number of oxazole rings is 1. The highest BCUT2D eigenvalue weighted by atomic mass is 16.5. The SMILES string of the molecule is COC(=O)CCC(=O)NCc1nc(-c2ccccc2NC(=O)Cc2ccccc2)oc1C. The van der Waals surface area contributed by atoms with Crippen LogP contribution in [-0.2, 0) is 32.1 Å². The summed E-state index contributed by atoms with van der Waals surface area (Å²) < 4.78 is 10.3. The van der Waals surface area contributed by atoms with Gasteiger partial charge in [-0.25, -0.2) is 4.98 Å². The molecule has 0 spiro atoms. The molecule has 0 saturated heterocycles. The molecule has 0 bridgehead atoms. The Kier molecular flexibility index (Phi) is 7.75. The van der Waals surface area contributed by atoms with E-state index in [0.29, 0.717) is 28.6 Å². The number of methoxy groups -OCH3 is 1. The van der Waals surface area contributed by atoms with Gasteiger partial charge in [0, 0.05) is 6.42 Å². The van der Waals surface area contributed by atoms with E-state index in [9.17, 15) is 14.4 Å². The standard InChI is InChI=1S/C24H25N3O5/c1-16-20(15-25-21(28)12-13-23(30)31-2)27-24(32-16)18-10-6-7-11-19(18)26-22(29)14-17-8-4-3-5-9-17/h3-11H,12-15H2,1-2H3,(H,25,28)(H,26,29). The topological polar surface area (TPSA) is 111 Å². The number of esters is 1.